The molecule has 2 unspecified atom stereocenters. The van der Waals surface area contributed by atoms with Gasteiger partial charge in [0.1, 0.15) is 11.9 Å². The molecule has 1 amide bonds. The van der Waals surface area contributed by atoms with Gasteiger partial charge in [0.05, 0.1) is 13.2 Å². The number of amides is 1. The van der Waals surface area contributed by atoms with E-state index in [1.807, 2.05) is 31.3 Å². The van der Waals surface area contributed by atoms with Crippen LogP contribution in [0.4, 0.5) is 0 Å². The molecule has 1 aromatic carbocycles. The Morgan fingerprint density at radius 2 is 1.95 bits per heavy atom. The Balaban J connectivity index is 2.14. The number of carbonyl (C=O) groups excluding carboxylic acids is 1. The average Bonchev–Trinajstić information content (AvgIpc) is 2.67. The summed E-state index contributed by atoms with van der Waals surface area (Å²) in [4.78, 5) is 14.0. The van der Waals surface area contributed by atoms with Crippen molar-refractivity contribution < 1.29 is 9.53 Å². The molecule has 1 heterocycles. The monoisotopic (exact) mass is 262 g/mol. The van der Waals surface area contributed by atoms with Crippen LogP contribution in [0, 0.1) is 5.92 Å². The summed E-state index contributed by atoms with van der Waals surface area (Å²) in [6.45, 7) is 4.27. The molecule has 2 rings (SSSR count). The van der Waals surface area contributed by atoms with E-state index in [2.05, 4.69) is 19.2 Å². The molecule has 0 bridgehead atoms. The number of likely N-dealkylation sites (N-methyl/N-ethyl adjacent to an activating group) is 1. The number of nitrogens with one attached hydrogen (secondary N) is 1. The normalized spacial score (nSPS) is 23.2. The Morgan fingerprint density at radius 3 is 2.47 bits per heavy atom. The van der Waals surface area contributed by atoms with Crippen molar-refractivity contribution in [1.82, 2.24) is 10.2 Å². The number of rotatable bonds is 4. The third-order valence-corrected chi connectivity index (χ3v) is 3.53. The lowest BCUT2D eigenvalue weighted by Crippen LogP contribution is -2.30. The van der Waals surface area contributed by atoms with Crippen LogP contribution in [0.1, 0.15) is 32.0 Å². The first-order valence-corrected chi connectivity index (χ1v) is 6.69. The Kier molecular flexibility index (Phi) is 4.10. The largest absolute Gasteiger partial charge is 0.497 e. The SMILES string of the molecule is COc1ccc(C2NC(CC(C)C)C(=O)N2C)cc1. The van der Waals surface area contributed by atoms with Crippen LogP contribution in [0.15, 0.2) is 24.3 Å². The minimum Gasteiger partial charge on any atom is -0.497 e. The van der Waals surface area contributed by atoms with Crippen molar-refractivity contribution in [3.63, 3.8) is 0 Å². The number of benzene rings is 1. The highest BCUT2D eigenvalue weighted by atomic mass is 16.5. The third-order valence-electron chi connectivity index (χ3n) is 3.53. The van der Waals surface area contributed by atoms with Crippen molar-refractivity contribution in [2.45, 2.75) is 32.5 Å². The molecule has 1 aliphatic heterocycles. The lowest BCUT2D eigenvalue weighted by atomic mass is 10.0. The number of methoxy groups -OCH3 is 1. The zero-order valence-corrected chi connectivity index (χ0v) is 12.0. The van der Waals surface area contributed by atoms with Gasteiger partial charge < -0.3 is 9.64 Å². The van der Waals surface area contributed by atoms with Gasteiger partial charge in [-0.2, -0.15) is 0 Å². The summed E-state index contributed by atoms with van der Waals surface area (Å²) < 4.78 is 5.15. The highest BCUT2D eigenvalue weighted by molar-refractivity contribution is 5.84. The van der Waals surface area contributed by atoms with Crippen LogP contribution in [0.3, 0.4) is 0 Å². The van der Waals surface area contributed by atoms with Crippen LogP contribution in [-0.4, -0.2) is 31.0 Å². The Labute approximate surface area is 114 Å². The number of carbonyl (C=O) groups is 1. The third kappa shape index (κ3) is 2.89. The Bertz CT molecular complexity index is 442. The number of hydrogen-bond acceptors (Lipinski definition) is 3. The zero-order valence-electron chi connectivity index (χ0n) is 12.0. The quantitative estimate of drug-likeness (QED) is 0.904. The fraction of sp³-hybridized carbons (Fsp3) is 0.533. The Morgan fingerprint density at radius 1 is 1.32 bits per heavy atom. The molecule has 104 valence electrons. The van der Waals surface area contributed by atoms with Crippen molar-refractivity contribution in [3.05, 3.63) is 29.8 Å². The number of nitrogens with zero attached hydrogens (tertiary/aromatic N) is 1. The van der Waals surface area contributed by atoms with Crippen molar-refractivity contribution in [3.8, 4) is 5.75 Å². The summed E-state index contributed by atoms with van der Waals surface area (Å²) in [6.07, 6.45) is 0.831. The first kappa shape index (κ1) is 13.9. The maximum absolute atomic E-state index is 12.2. The lowest BCUT2D eigenvalue weighted by molar-refractivity contribution is -0.129. The molecule has 4 heteroatoms. The van der Waals surface area contributed by atoms with E-state index in [-0.39, 0.29) is 18.1 Å². The number of ether oxygens (including phenoxy) is 1. The van der Waals surface area contributed by atoms with Crippen molar-refractivity contribution in [1.29, 1.82) is 0 Å². The van der Waals surface area contributed by atoms with Gasteiger partial charge >= 0.3 is 0 Å². The van der Waals surface area contributed by atoms with Gasteiger partial charge in [0.25, 0.3) is 0 Å². The van der Waals surface area contributed by atoms with E-state index in [0.29, 0.717) is 5.92 Å². The molecule has 19 heavy (non-hydrogen) atoms. The second-order valence-electron chi connectivity index (χ2n) is 5.47. The van der Waals surface area contributed by atoms with Crippen LogP contribution in [0.5, 0.6) is 5.75 Å². The second-order valence-corrected chi connectivity index (χ2v) is 5.47. The van der Waals surface area contributed by atoms with Gasteiger partial charge in [-0.15, -0.1) is 0 Å². The first-order chi connectivity index (χ1) is 9.02. The molecule has 1 saturated heterocycles. The molecule has 0 spiro atoms. The summed E-state index contributed by atoms with van der Waals surface area (Å²) in [5.74, 6) is 1.51. The van der Waals surface area contributed by atoms with E-state index in [1.54, 1.807) is 12.0 Å². The molecule has 1 N–H and O–H groups in total. The van der Waals surface area contributed by atoms with Gasteiger partial charge in [0.2, 0.25) is 5.91 Å². The zero-order chi connectivity index (χ0) is 14.0. The van der Waals surface area contributed by atoms with E-state index in [9.17, 15) is 4.79 Å². The lowest BCUT2D eigenvalue weighted by Gasteiger charge is -2.19. The standard InChI is InChI=1S/C15H22N2O2/c1-10(2)9-13-15(18)17(3)14(16-13)11-5-7-12(19-4)8-6-11/h5-8,10,13-14,16H,9H2,1-4H3. The Hall–Kier alpha value is -1.55. The average molecular weight is 262 g/mol. The van der Waals surface area contributed by atoms with Gasteiger partial charge in [-0.25, -0.2) is 0 Å². The van der Waals surface area contributed by atoms with Crippen LogP contribution in [-0.2, 0) is 4.79 Å². The van der Waals surface area contributed by atoms with Crippen LogP contribution >= 0.6 is 0 Å². The molecule has 1 aliphatic rings. The molecule has 4 nitrogen and oxygen atoms in total. The van der Waals surface area contributed by atoms with E-state index in [4.69, 9.17) is 4.74 Å². The topological polar surface area (TPSA) is 41.6 Å². The van der Waals surface area contributed by atoms with Crippen molar-refractivity contribution in [2.75, 3.05) is 14.2 Å². The summed E-state index contributed by atoms with van der Waals surface area (Å²) in [5, 5.41) is 3.41. The number of hydrogen-bond donors (Lipinski definition) is 1. The van der Waals surface area contributed by atoms with E-state index >= 15 is 0 Å². The molecular formula is C15H22N2O2. The van der Waals surface area contributed by atoms with Gasteiger partial charge in [0.15, 0.2) is 0 Å². The molecule has 0 aromatic heterocycles. The second kappa shape index (κ2) is 5.61. The highest BCUT2D eigenvalue weighted by Crippen LogP contribution is 2.27. The fourth-order valence-corrected chi connectivity index (χ4v) is 2.49. The minimum absolute atomic E-state index is 0.0397. The van der Waals surface area contributed by atoms with Crippen LogP contribution in [0.2, 0.25) is 0 Å². The van der Waals surface area contributed by atoms with Gasteiger partial charge in [-0.3, -0.25) is 10.1 Å². The molecule has 1 aromatic rings. The molecular weight excluding hydrogens is 240 g/mol. The molecule has 0 radical (unpaired) electrons. The predicted octanol–water partition coefficient (Wildman–Crippen LogP) is 2.17. The predicted molar refractivity (Wildman–Crippen MR) is 74.9 cm³/mol. The summed E-state index contributed by atoms with van der Waals surface area (Å²) in [5.41, 5.74) is 1.09. The van der Waals surface area contributed by atoms with Crippen LogP contribution < -0.4 is 10.1 Å². The van der Waals surface area contributed by atoms with Crippen LogP contribution in [0.25, 0.3) is 0 Å². The van der Waals surface area contributed by atoms with E-state index < -0.39 is 0 Å². The molecule has 0 aliphatic carbocycles. The maximum atomic E-state index is 12.2. The van der Waals surface area contributed by atoms with E-state index in [1.165, 1.54) is 0 Å². The van der Waals surface area contributed by atoms with Crippen molar-refractivity contribution in [2.24, 2.45) is 5.92 Å². The van der Waals surface area contributed by atoms with Crippen molar-refractivity contribution >= 4 is 5.91 Å². The molecule has 2 atom stereocenters. The fourth-order valence-electron chi connectivity index (χ4n) is 2.49. The molecule has 1 fully saturated rings. The van der Waals surface area contributed by atoms with Gasteiger partial charge in [-0.1, -0.05) is 26.0 Å². The molecule has 0 saturated carbocycles. The highest BCUT2D eigenvalue weighted by Gasteiger charge is 2.37. The smallest absolute Gasteiger partial charge is 0.241 e. The summed E-state index contributed by atoms with van der Waals surface area (Å²) in [6, 6.07) is 7.77. The maximum Gasteiger partial charge on any atom is 0.241 e. The van der Waals surface area contributed by atoms with Gasteiger partial charge in [0, 0.05) is 7.05 Å². The summed E-state index contributed by atoms with van der Waals surface area (Å²) in [7, 11) is 3.50. The minimum atomic E-state index is -0.0721. The van der Waals surface area contributed by atoms with Gasteiger partial charge in [-0.05, 0) is 30.0 Å². The first-order valence-electron chi connectivity index (χ1n) is 6.69. The van der Waals surface area contributed by atoms with E-state index in [0.717, 1.165) is 17.7 Å². The summed E-state index contributed by atoms with van der Waals surface area (Å²) >= 11 is 0.